The number of urea groups is 1. The number of carboxylic acids is 1. The highest BCUT2D eigenvalue weighted by atomic mass is 19.1. The van der Waals surface area contributed by atoms with Crippen molar-refractivity contribution in [2.75, 3.05) is 0 Å². The first-order valence-electron chi connectivity index (χ1n) is 6.36. The van der Waals surface area contributed by atoms with Gasteiger partial charge in [0.25, 0.3) is 0 Å². The Morgan fingerprint density at radius 2 is 1.65 bits per heavy atom. The number of aliphatic carboxylic acids is 1. The molecule has 0 radical (unpaired) electrons. The molecular weight excluding hydrogens is 263 g/mol. The number of benzene rings is 1. The average molecular weight is 282 g/mol. The van der Waals surface area contributed by atoms with E-state index in [-0.39, 0.29) is 17.8 Å². The van der Waals surface area contributed by atoms with Crippen molar-refractivity contribution in [2.45, 2.75) is 32.9 Å². The quantitative estimate of drug-likeness (QED) is 0.775. The minimum Gasteiger partial charge on any atom is -0.480 e. The Hall–Kier alpha value is -2.11. The van der Waals surface area contributed by atoms with Gasteiger partial charge in [-0.15, -0.1) is 0 Å². The normalized spacial score (nSPS) is 13.7. The van der Waals surface area contributed by atoms with Crippen molar-refractivity contribution in [3.63, 3.8) is 0 Å². The standard InChI is InChI=1S/C14H19FN2O3/c1-8(2)12(13(18)19)17-14(20)16-9(3)10-4-6-11(15)7-5-10/h4-9,12H,1-3H3,(H,18,19)(H2,16,17,20)/t9?,12-/m0/s1. The molecular formula is C14H19FN2O3. The zero-order valence-electron chi connectivity index (χ0n) is 11.7. The molecule has 1 rings (SSSR count). The van der Waals surface area contributed by atoms with E-state index in [1.807, 2.05) is 0 Å². The first-order chi connectivity index (χ1) is 9.31. The Balaban J connectivity index is 2.61. The van der Waals surface area contributed by atoms with E-state index >= 15 is 0 Å². The van der Waals surface area contributed by atoms with Crippen LogP contribution in [0.1, 0.15) is 32.4 Å². The fourth-order valence-electron chi connectivity index (χ4n) is 1.73. The number of carbonyl (C=O) groups is 2. The largest absolute Gasteiger partial charge is 0.480 e. The van der Waals surface area contributed by atoms with E-state index in [0.29, 0.717) is 0 Å². The molecule has 0 aliphatic carbocycles. The fraction of sp³-hybridized carbons (Fsp3) is 0.429. The Morgan fingerprint density at radius 3 is 2.10 bits per heavy atom. The minimum atomic E-state index is -1.08. The Morgan fingerprint density at radius 1 is 1.10 bits per heavy atom. The van der Waals surface area contributed by atoms with Crippen LogP contribution in [0.15, 0.2) is 24.3 Å². The molecule has 0 saturated carbocycles. The predicted octanol–water partition coefficient (Wildman–Crippen LogP) is 2.30. The summed E-state index contributed by atoms with van der Waals surface area (Å²) >= 11 is 0. The van der Waals surface area contributed by atoms with Gasteiger partial charge in [0.15, 0.2) is 0 Å². The number of hydrogen-bond acceptors (Lipinski definition) is 2. The molecule has 2 amide bonds. The molecule has 20 heavy (non-hydrogen) atoms. The summed E-state index contributed by atoms with van der Waals surface area (Å²) in [5, 5.41) is 14.0. The Labute approximate surface area is 117 Å². The molecule has 0 aliphatic rings. The molecule has 1 aromatic rings. The van der Waals surface area contributed by atoms with Crippen LogP contribution < -0.4 is 10.6 Å². The minimum absolute atomic E-state index is 0.223. The second-order valence-corrected chi connectivity index (χ2v) is 4.95. The number of nitrogens with one attached hydrogen (secondary N) is 2. The van der Waals surface area contributed by atoms with Crippen LogP contribution in [0.2, 0.25) is 0 Å². The van der Waals surface area contributed by atoms with Crippen molar-refractivity contribution in [2.24, 2.45) is 5.92 Å². The summed E-state index contributed by atoms with van der Waals surface area (Å²) in [6.07, 6.45) is 0. The highest BCUT2D eigenvalue weighted by Gasteiger charge is 2.23. The summed E-state index contributed by atoms with van der Waals surface area (Å²) in [5.41, 5.74) is 0.734. The van der Waals surface area contributed by atoms with Crippen LogP contribution in [0.25, 0.3) is 0 Å². The Bertz CT molecular complexity index is 474. The van der Waals surface area contributed by atoms with Crippen molar-refractivity contribution in [1.29, 1.82) is 0 Å². The van der Waals surface area contributed by atoms with E-state index in [0.717, 1.165) is 5.56 Å². The van der Waals surface area contributed by atoms with Gasteiger partial charge in [0.05, 0.1) is 6.04 Å². The third-order valence-electron chi connectivity index (χ3n) is 2.94. The molecule has 0 aliphatic heterocycles. The zero-order valence-corrected chi connectivity index (χ0v) is 11.7. The maximum absolute atomic E-state index is 12.8. The lowest BCUT2D eigenvalue weighted by molar-refractivity contribution is -0.140. The molecule has 0 spiro atoms. The summed E-state index contributed by atoms with van der Waals surface area (Å²) in [6.45, 7) is 5.16. The lowest BCUT2D eigenvalue weighted by atomic mass is 10.1. The molecule has 1 aromatic carbocycles. The third kappa shape index (κ3) is 4.53. The average Bonchev–Trinajstić information content (AvgIpc) is 2.35. The van der Waals surface area contributed by atoms with Crippen molar-refractivity contribution in [3.05, 3.63) is 35.6 Å². The van der Waals surface area contributed by atoms with Crippen LogP contribution in [0, 0.1) is 11.7 Å². The molecule has 0 aromatic heterocycles. The number of carbonyl (C=O) groups excluding carboxylic acids is 1. The van der Waals surface area contributed by atoms with Crippen molar-refractivity contribution >= 4 is 12.0 Å². The Kier molecular flexibility index (Phi) is 5.49. The maximum Gasteiger partial charge on any atom is 0.326 e. The first-order valence-corrected chi connectivity index (χ1v) is 6.36. The molecule has 0 fully saturated rings. The fourth-order valence-corrected chi connectivity index (χ4v) is 1.73. The number of carboxylic acid groups (broad SMARTS) is 1. The SMILES string of the molecule is CC(NC(=O)N[C@H](C(=O)O)C(C)C)c1ccc(F)cc1. The summed E-state index contributed by atoms with van der Waals surface area (Å²) < 4.78 is 12.8. The van der Waals surface area contributed by atoms with E-state index in [1.54, 1.807) is 32.9 Å². The summed E-state index contributed by atoms with van der Waals surface area (Å²) in [4.78, 5) is 22.7. The van der Waals surface area contributed by atoms with E-state index in [4.69, 9.17) is 5.11 Å². The molecule has 110 valence electrons. The van der Waals surface area contributed by atoms with Crippen LogP contribution >= 0.6 is 0 Å². The lowest BCUT2D eigenvalue weighted by Gasteiger charge is -2.20. The summed E-state index contributed by atoms with van der Waals surface area (Å²) in [5.74, 6) is -1.65. The highest BCUT2D eigenvalue weighted by Crippen LogP contribution is 2.12. The van der Waals surface area contributed by atoms with Gasteiger partial charge >= 0.3 is 12.0 Å². The predicted molar refractivity (Wildman–Crippen MR) is 72.7 cm³/mol. The van der Waals surface area contributed by atoms with Crippen molar-refractivity contribution in [1.82, 2.24) is 10.6 Å². The smallest absolute Gasteiger partial charge is 0.326 e. The van der Waals surface area contributed by atoms with Gasteiger partial charge in [0.2, 0.25) is 0 Å². The van der Waals surface area contributed by atoms with E-state index in [2.05, 4.69) is 10.6 Å². The second kappa shape index (κ2) is 6.88. The van der Waals surface area contributed by atoms with Gasteiger partial charge in [0, 0.05) is 0 Å². The van der Waals surface area contributed by atoms with Gasteiger partial charge in [-0.05, 0) is 30.5 Å². The van der Waals surface area contributed by atoms with Crippen molar-refractivity contribution < 1.29 is 19.1 Å². The van der Waals surface area contributed by atoms with Gasteiger partial charge in [0.1, 0.15) is 11.9 Å². The first kappa shape index (κ1) is 15.9. The van der Waals surface area contributed by atoms with Crippen LogP contribution in [0.3, 0.4) is 0 Å². The molecule has 3 N–H and O–H groups in total. The van der Waals surface area contributed by atoms with Gasteiger partial charge in [-0.2, -0.15) is 0 Å². The molecule has 5 nitrogen and oxygen atoms in total. The van der Waals surface area contributed by atoms with Crippen LogP contribution in [-0.4, -0.2) is 23.1 Å². The molecule has 1 unspecified atom stereocenters. The number of hydrogen-bond donors (Lipinski definition) is 3. The molecule has 0 heterocycles. The van der Waals surface area contributed by atoms with Crippen molar-refractivity contribution in [3.8, 4) is 0 Å². The molecule has 2 atom stereocenters. The van der Waals surface area contributed by atoms with Gasteiger partial charge in [-0.3, -0.25) is 0 Å². The highest BCUT2D eigenvalue weighted by molar-refractivity contribution is 5.82. The number of rotatable bonds is 5. The van der Waals surface area contributed by atoms with E-state index in [1.165, 1.54) is 12.1 Å². The lowest BCUT2D eigenvalue weighted by Crippen LogP contribution is -2.49. The van der Waals surface area contributed by atoms with Crippen LogP contribution in [0.5, 0.6) is 0 Å². The number of amides is 2. The van der Waals surface area contributed by atoms with E-state index < -0.39 is 18.0 Å². The molecule has 6 heteroatoms. The van der Waals surface area contributed by atoms with E-state index in [9.17, 15) is 14.0 Å². The van der Waals surface area contributed by atoms with Gasteiger partial charge in [-0.25, -0.2) is 14.0 Å². The number of halogens is 1. The maximum atomic E-state index is 12.8. The van der Waals surface area contributed by atoms with Gasteiger partial charge < -0.3 is 15.7 Å². The van der Waals surface area contributed by atoms with Crippen LogP contribution in [0.4, 0.5) is 9.18 Å². The second-order valence-electron chi connectivity index (χ2n) is 4.95. The monoisotopic (exact) mass is 282 g/mol. The summed E-state index contributed by atoms with van der Waals surface area (Å²) in [7, 11) is 0. The molecule has 0 bridgehead atoms. The third-order valence-corrected chi connectivity index (χ3v) is 2.94. The summed E-state index contributed by atoms with van der Waals surface area (Å²) in [6, 6.07) is 3.88. The van der Waals surface area contributed by atoms with Gasteiger partial charge in [-0.1, -0.05) is 26.0 Å². The zero-order chi connectivity index (χ0) is 15.3. The van der Waals surface area contributed by atoms with Crippen LogP contribution in [-0.2, 0) is 4.79 Å². The topological polar surface area (TPSA) is 78.4 Å². The molecule has 0 saturated heterocycles.